The van der Waals surface area contributed by atoms with E-state index in [1.54, 1.807) is 5.57 Å². The molecule has 0 spiro atoms. The van der Waals surface area contributed by atoms with Gasteiger partial charge in [-0.25, -0.2) is 0 Å². The predicted octanol–water partition coefficient (Wildman–Crippen LogP) is 5.29. The van der Waals surface area contributed by atoms with Crippen molar-refractivity contribution in [3.63, 3.8) is 0 Å². The lowest BCUT2D eigenvalue weighted by Crippen LogP contribution is -2.44. The van der Waals surface area contributed by atoms with E-state index in [0.29, 0.717) is 30.0 Å². The van der Waals surface area contributed by atoms with Gasteiger partial charge in [0.25, 0.3) is 0 Å². The fourth-order valence-electron chi connectivity index (χ4n) is 4.86. The van der Waals surface area contributed by atoms with Gasteiger partial charge in [-0.15, -0.1) is 0 Å². The largest absolute Gasteiger partial charge is 0.370 e. The molecule has 0 unspecified atom stereocenters. The number of hydrogen-bond donors (Lipinski definition) is 0. The quantitative estimate of drug-likeness (QED) is 0.595. The molecule has 116 valence electrons. The second kappa shape index (κ2) is 5.76. The molecule has 1 nitrogen and oxygen atoms in total. The highest BCUT2D eigenvalue weighted by Gasteiger charge is 2.46. The van der Waals surface area contributed by atoms with Crippen molar-refractivity contribution < 1.29 is 4.74 Å². The number of allylic oxidation sites excluding steroid dienone is 3. The summed E-state index contributed by atoms with van der Waals surface area (Å²) in [4.78, 5) is 0. The van der Waals surface area contributed by atoms with Gasteiger partial charge in [0.15, 0.2) is 0 Å². The predicted molar refractivity (Wildman–Crippen MR) is 89.1 cm³/mol. The summed E-state index contributed by atoms with van der Waals surface area (Å²) in [6.07, 6.45) is 10.3. The first-order valence-electron chi connectivity index (χ1n) is 8.62. The number of ether oxygens (including phenoxy) is 1. The smallest absolute Gasteiger partial charge is 0.0765 e. The van der Waals surface area contributed by atoms with E-state index in [1.807, 2.05) is 0 Å². The first-order chi connectivity index (χ1) is 9.97. The van der Waals surface area contributed by atoms with Crippen LogP contribution in [-0.4, -0.2) is 12.2 Å². The van der Waals surface area contributed by atoms with Gasteiger partial charge in [0, 0.05) is 5.92 Å². The van der Waals surface area contributed by atoms with Crippen LogP contribution in [0.1, 0.15) is 53.4 Å². The Kier molecular flexibility index (Phi) is 4.14. The van der Waals surface area contributed by atoms with E-state index in [0.717, 1.165) is 5.92 Å². The van der Waals surface area contributed by atoms with Gasteiger partial charge in [-0.2, -0.15) is 0 Å². The molecular formula is C20H30O. The Morgan fingerprint density at radius 1 is 1.38 bits per heavy atom. The van der Waals surface area contributed by atoms with E-state index in [-0.39, 0.29) is 0 Å². The van der Waals surface area contributed by atoms with Crippen molar-refractivity contribution in [2.75, 3.05) is 0 Å². The Morgan fingerprint density at radius 2 is 2.14 bits per heavy atom. The van der Waals surface area contributed by atoms with Gasteiger partial charge in [0.05, 0.1) is 12.2 Å². The second-order valence-electron chi connectivity index (χ2n) is 7.77. The minimum absolute atomic E-state index is 0.312. The minimum Gasteiger partial charge on any atom is -0.370 e. The molecule has 1 heterocycles. The fourth-order valence-corrected chi connectivity index (χ4v) is 4.86. The molecule has 6 atom stereocenters. The second-order valence-corrected chi connectivity index (χ2v) is 7.77. The van der Waals surface area contributed by atoms with Gasteiger partial charge in [-0.3, -0.25) is 0 Å². The molecule has 0 radical (unpaired) electrons. The minimum atomic E-state index is 0.312. The fraction of sp³-hybridized carbons (Fsp3) is 0.700. The molecule has 2 fully saturated rings. The molecule has 1 saturated carbocycles. The van der Waals surface area contributed by atoms with Crippen molar-refractivity contribution in [1.82, 2.24) is 0 Å². The normalized spacial score (nSPS) is 42.7. The molecule has 3 rings (SSSR count). The van der Waals surface area contributed by atoms with Gasteiger partial charge in [-0.05, 0) is 64.2 Å². The van der Waals surface area contributed by atoms with E-state index in [9.17, 15) is 0 Å². The molecule has 0 aromatic rings. The molecule has 1 saturated heterocycles. The van der Waals surface area contributed by atoms with Crippen molar-refractivity contribution in [2.45, 2.75) is 65.6 Å². The maximum Gasteiger partial charge on any atom is 0.0765 e. The molecule has 21 heavy (non-hydrogen) atoms. The lowest BCUT2D eigenvalue weighted by atomic mass is 9.74. The lowest BCUT2D eigenvalue weighted by Gasteiger charge is -2.43. The molecule has 1 heteroatoms. The topological polar surface area (TPSA) is 9.23 Å². The zero-order chi connectivity index (χ0) is 15.1. The summed E-state index contributed by atoms with van der Waals surface area (Å²) in [6, 6.07) is 0. The van der Waals surface area contributed by atoms with Crippen molar-refractivity contribution in [3.8, 4) is 0 Å². The highest BCUT2D eigenvalue weighted by molar-refractivity contribution is 5.25. The third kappa shape index (κ3) is 2.77. The third-order valence-corrected chi connectivity index (χ3v) is 5.94. The van der Waals surface area contributed by atoms with Gasteiger partial charge in [0.2, 0.25) is 0 Å². The Hall–Kier alpha value is -0.820. The summed E-state index contributed by atoms with van der Waals surface area (Å²) >= 11 is 0. The Bertz CT molecular complexity index is 480. The molecule has 0 aromatic heterocycles. The molecule has 0 amide bonds. The van der Waals surface area contributed by atoms with Crippen molar-refractivity contribution in [1.29, 1.82) is 0 Å². The molecule has 0 N–H and O–H groups in total. The summed E-state index contributed by atoms with van der Waals surface area (Å²) in [7, 11) is 0. The highest BCUT2D eigenvalue weighted by atomic mass is 16.5. The lowest BCUT2D eigenvalue weighted by molar-refractivity contribution is -0.109. The molecule has 0 aromatic carbocycles. The molecule has 2 aliphatic carbocycles. The van der Waals surface area contributed by atoms with Gasteiger partial charge in [-0.1, -0.05) is 42.4 Å². The number of fused-ring (bicyclic) bond motifs is 3. The Labute approximate surface area is 130 Å². The van der Waals surface area contributed by atoms with E-state index in [4.69, 9.17) is 4.74 Å². The highest BCUT2D eigenvalue weighted by Crippen LogP contribution is 2.50. The van der Waals surface area contributed by atoms with Gasteiger partial charge in [0.1, 0.15) is 0 Å². The summed E-state index contributed by atoms with van der Waals surface area (Å²) in [5.74, 6) is 2.68. The van der Waals surface area contributed by atoms with E-state index in [1.165, 1.54) is 36.8 Å². The maximum atomic E-state index is 6.63. The molecular weight excluding hydrogens is 256 g/mol. The first-order valence-corrected chi connectivity index (χ1v) is 8.62. The summed E-state index contributed by atoms with van der Waals surface area (Å²) in [6.45, 7) is 13.5. The SMILES string of the molecule is C=C1CC[C@@H]2[C@@H](O[C@@H](C=C(C)C)C[C@H]2C)[C@@H]2C(C)=CC[C@@H]12. The number of rotatable bonds is 1. The summed E-state index contributed by atoms with van der Waals surface area (Å²) in [5, 5.41) is 0. The monoisotopic (exact) mass is 286 g/mol. The van der Waals surface area contributed by atoms with Crippen LogP contribution in [0.25, 0.3) is 0 Å². The van der Waals surface area contributed by atoms with Crippen molar-refractivity contribution in [2.24, 2.45) is 23.7 Å². The third-order valence-electron chi connectivity index (χ3n) is 5.94. The van der Waals surface area contributed by atoms with Crippen LogP contribution in [0.5, 0.6) is 0 Å². The molecule has 1 aliphatic heterocycles. The molecule has 0 bridgehead atoms. The van der Waals surface area contributed by atoms with Crippen LogP contribution in [0.15, 0.2) is 35.5 Å². The van der Waals surface area contributed by atoms with E-state index in [2.05, 4.69) is 46.4 Å². The van der Waals surface area contributed by atoms with E-state index < -0.39 is 0 Å². The summed E-state index contributed by atoms with van der Waals surface area (Å²) < 4.78 is 6.63. The van der Waals surface area contributed by atoms with Crippen molar-refractivity contribution in [3.05, 3.63) is 35.5 Å². The van der Waals surface area contributed by atoms with Crippen LogP contribution >= 0.6 is 0 Å². The van der Waals surface area contributed by atoms with Crippen LogP contribution in [0.2, 0.25) is 0 Å². The zero-order valence-electron chi connectivity index (χ0n) is 14.1. The average molecular weight is 286 g/mol. The standard InChI is InChI=1S/C20H30O/c1-12(2)10-16-11-15(5)18-9-6-13(3)17-8-7-14(4)19(17)20(18)21-16/h7,10,15-20H,3,6,8-9,11H2,1-2,4-5H3/t15-,16+,17+,18+,19-,20-/m1/s1. The molecule has 3 aliphatic rings. The van der Waals surface area contributed by atoms with Gasteiger partial charge < -0.3 is 4.74 Å². The van der Waals surface area contributed by atoms with Crippen LogP contribution in [0.3, 0.4) is 0 Å². The van der Waals surface area contributed by atoms with Crippen LogP contribution in [0.4, 0.5) is 0 Å². The van der Waals surface area contributed by atoms with Crippen LogP contribution < -0.4 is 0 Å². The van der Waals surface area contributed by atoms with Crippen LogP contribution in [0, 0.1) is 23.7 Å². The average Bonchev–Trinajstić information content (AvgIpc) is 2.71. The first kappa shape index (κ1) is 15.1. The summed E-state index contributed by atoms with van der Waals surface area (Å²) in [5.41, 5.74) is 4.39. The van der Waals surface area contributed by atoms with Gasteiger partial charge >= 0.3 is 0 Å². The zero-order valence-corrected chi connectivity index (χ0v) is 14.1. The number of hydrogen-bond acceptors (Lipinski definition) is 1. The maximum absolute atomic E-state index is 6.63. The van der Waals surface area contributed by atoms with E-state index >= 15 is 0 Å². The Morgan fingerprint density at radius 3 is 2.86 bits per heavy atom. The Balaban J connectivity index is 1.91. The van der Waals surface area contributed by atoms with Crippen LogP contribution in [-0.2, 0) is 4.74 Å². The van der Waals surface area contributed by atoms with Crippen molar-refractivity contribution >= 4 is 0 Å².